The van der Waals surface area contributed by atoms with Crippen molar-refractivity contribution in [2.45, 2.75) is 13.5 Å². The number of ether oxygens (including phenoxy) is 1. The summed E-state index contributed by atoms with van der Waals surface area (Å²) in [5.74, 6) is 0.342. The van der Waals surface area contributed by atoms with Crippen LogP contribution in [-0.2, 0) is 6.61 Å². The molecule has 6 heteroatoms. The number of thiocarbonyl (C=S) groups is 1. The number of rotatable bonds is 5. The SMILES string of the molecule is Cc1cc(I)ccc1NC(=S)NC(=O)c1cccc(OCc2ccccc2)c1. The maximum Gasteiger partial charge on any atom is 0.257 e. The lowest BCUT2D eigenvalue weighted by molar-refractivity contribution is 0.0977. The zero-order valence-corrected chi connectivity index (χ0v) is 18.2. The minimum Gasteiger partial charge on any atom is -0.489 e. The molecule has 0 radical (unpaired) electrons. The molecule has 28 heavy (non-hydrogen) atoms. The van der Waals surface area contributed by atoms with Crippen molar-refractivity contribution in [2.24, 2.45) is 0 Å². The number of hydrogen-bond donors (Lipinski definition) is 2. The topological polar surface area (TPSA) is 50.4 Å². The maximum atomic E-state index is 12.5. The van der Waals surface area contributed by atoms with E-state index >= 15 is 0 Å². The van der Waals surface area contributed by atoms with Crippen molar-refractivity contribution in [1.29, 1.82) is 0 Å². The van der Waals surface area contributed by atoms with Crippen LogP contribution in [0.2, 0.25) is 0 Å². The summed E-state index contributed by atoms with van der Waals surface area (Å²) in [6.07, 6.45) is 0. The van der Waals surface area contributed by atoms with E-state index in [0.29, 0.717) is 17.9 Å². The van der Waals surface area contributed by atoms with E-state index in [2.05, 4.69) is 33.2 Å². The molecule has 0 fully saturated rings. The summed E-state index contributed by atoms with van der Waals surface area (Å²) in [6, 6.07) is 22.9. The Morgan fingerprint density at radius 1 is 1.04 bits per heavy atom. The highest BCUT2D eigenvalue weighted by atomic mass is 127. The van der Waals surface area contributed by atoms with Crippen LogP contribution in [0.5, 0.6) is 5.75 Å². The zero-order chi connectivity index (χ0) is 19.9. The first-order chi connectivity index (χ1) is 13.5. The van der Waals surface area contributed by atoms with Gasteiger partial charge in [-0.3, -0.25) is 10.1 Å². The molecule has 0 aliphatic heterocycles. The van der Waals surface area contributed by atoms with E-state index in [1.54, 1.807) is 18.2 Å². The van der Waals surface area contributed by atoms with Gasteiger partial charge in [0.25, 0.3) is 5.91 Å². The molecule has 0 unspecified atom stereocenters. The highest BCUT2D eigenvalue weighted by Crippen LogP contribution is 2.18. The lowest BCUT2D eigenvalue weighted by Crippen LogP contribution is -2.34. The Bertz CT molecular complexity index is 993. The molecule has 0 aromatic heterocycles. The van der Waals surface area contributed by atoms with Crippen molar-refractivity contribution < 1.29 is 9.53 Å². The molecule has 0 aliphatic carbocycles. The molecule has 4 nitrogen and oxygen atoms in total. The summed E-state index contributed by atoms with van der Waals surface area (Å²) in [7, 11) is 0. The van der Waals surface area contributed by atoms with E-state index in [1.165, 1.54) is 0 Å². The number of amides is 1. The summed E-state index contributed by atoms with van der Waals surface area (Å²) in [6.45, 7) is 2.43. The summed E-state index contributed by atoms with van der Waals surface area (Å²) < 4.78 is 6.92. The third-order valence-electron chi connectivity index (χ3n) is 4.01. The predicted octanol–water partition coefficient (Wildman–Crippen LogP) is 5.31. The standard InChI is InChI=1S/C22H19IN2O2S/c1-15-12-18(23)10-11-20(15)24-22(28)25-21(26)17-8-5-9-19(13-17)27-14-16-6-3-2-4-7-16/h2-13H,14H2,1H3,(H2,24,25,26,28). The third-order valence-corrected chi connectivity index (χ3v) is 4.88. The van der Waals surface area contributed by atoms with Gasteiger partial charge in [-0.15, -0.1) is 0 Å². The first-order valence-electron chi connectivity index (χ1n) is 8.66. The van der Waals surface area contributed by atoms with Gasteiger partial charge in [-0.05, 0) is 89.3 Å². The van der Waals surface area contributed by atoms with Crippen molar-refractivity contribution in [3.8, 4) is 5.75 Å². The van der Waals surface area contributed by atoms with Gasteiger partial charge in [0, 0.05) is 14.8 Å². The second-order valence-electron chi connectivity index (χ2n) is 6.17. The Morgan fingerprint density at radius 2 is 1.82 bits per heavy atom. The third kappa shape index (κ3) is 5.77. The van der Waals surface area contributed by atoms with Crippen LogP contribution >= 0.6 is 34.8 Å². The van der Waals surface area contributed by atoms with Gasteiger partial charge >= 0.3 is 0 Å². The zero-order valence-electron chi connectivity index (χ0n) is 15.2. The molecular weight excluding hydrogens is 483 g/mol. The van der Waals surface area contributed by atoms with E-state index in [0.717, 1.165) is 20.4 Å². The van der Waals surface area contributed by atoms with Crippen molar-refractivity contribution in [3.05, 3.63) is 93.1 Å². The number of halogens is 1. The molecule has 0 atom stereocenters. The average Bonchev–Trinajstić information content (AvgIpc) is 2.69. The minimum atomic E-state index is -0.286. The molecule has 0 saturated carbocycles. The number of anilines is 1. The van der Waals surface area contributed by atoms with Crippen molar-refractivity contribution >= 4 is 51.5 Å². The maximum absolute atomic E-state index is 12.5. The number of carbonyl (C=O) groups excluding carboxylic acids is 1. The van der Waals surface area contributed by atoms with Gasteiger partial charge in [-0.2, -0.15) is 0 Å². The van der Waals surface area contributed by atoms with Crippen molar-refractivity contribution in [2.75, 3.05) is 5.32 Å². The molecule has 3 rings (SSSR count). The highest BCUT2D eigenvalue weighted by Gasteiger charge is 2.10. The van der Waals surface area contributed by atoms with Crippen molar-refractivity contribution in [1.82, 2.24) is 5.32 Å². The van der Waals surface area contributed by atoms with E-state index in [9.17, 15) is 4.79 Å². The number of nitrogens with one attached hydrogen (secondary N) is 2. The second kappa shape index (κ2) is 9.66. The van der Waals surface area contributed by atoms with Gasteiger partial charge in [-0.25, -0.2) is 0 Å². The smallest absolute Gasteiger partial charge is 0.257 e. The fourth-order valence-electron chi connectivity index (χ4n) is 2.56. The highest BCUT2D eigenvalue weighted by molar-refractivity contribution is 14.1. The molecule has 0 bridgehead atoms. The Labute approximate surface area is 183 Å². The van der Waals surface area contributed by atoms with E-state index in [4.69, 9.17) is 17.0 Å². The van der Waals surface area contributed by atoms with Crippen LogP contribution < -0.4 is 15.4 Å². The predicted molar refractivity (Wildman–Crippen MR) is 125 cm³/mol. The Hall–Kier alpha value is -2.45. The van der Waals surface area contributed by atoms with E-state index in [-0.39, 0.29) is 11.0 Å². The van der Waals surface area contributed by atoms with Crippen LogP contribution in [0, 0.1) is 10.5 Å². The van der Waals surface area contributed by atoms with Crippen LogP contribution in [0.4, 0.5) is 5.69 Å². The van der Waals surface area contributed by atoms with E-state index in [1.807, 2.05) is 61.5 Å². The largest absolute Gasteiger partial charge is 0.489 e. The van der Waals surface area contributed by atoms with Gasteiger partial charge < -0.3 is 10.1 Å². The number of benzene rings is 3. The minimum absolute atomic E-state index is 0.255. The molecule has 0 spiro atoms. The van der Waals surface area contributed by atoms with E-state index < -0.39 is 0 Å². The summed E-state index contributed by atoms with van der Waals surface area (Å²) in [5.41, 5.74) is 3.47. The van der Waals surface area contributed by atoms with Gasteiger partial charge in [0.2, 0.25) is 0 Å². The van der Waals surface area contributed by atoms with Gasteiger partial charge in [0.15, 0.2) is 5.11 Å². The first-order valence-corrected chi connectivity index (χ1v) is 10.2. The first kappa shape index (κ1) is 20.3. The molecule has 0 heterocycles. The van der Waals surface area contributed by atoms with Crippen LogP contribution in [-0.4, -0.2) is 11.0 Å². The monoisotopic (exact) mass is 502 g/mol. The Balaban J connectivity index is 1.60. The van der Waals surface area contributed by atoms with Gasteiger partial charge in [-0.1, -0.05) is 36.4 Å². The fraction of sp³-hybridized carbons (Fsp3) is 0.0909. The number of hydrogen-bond acceptors (Lipinski definition) is 3. The normalized spacial score (nSPS) is 10.2. The van der Waals surface area contributed by atoms with Crippen LogP contribution in [0.1, 0.15) is 21.5 Å². The molecule has 2 N–H and O–H groups in total. The van der Waals surface area contributed by atoms with Crippen LogP contribution in [0.15, 0.2) is 72.8 Å². The average molecular weight is 502 g/mol. The quantitative estimate of drug-likeness (QED) is 0.367. The van der Waals surface area contributed by atoms with Gasteiger partial charge in [0.05, 0.1) is 0 Å². The molecule has 142 valence electrons. The molecular formula is C22H19IN2O2S. The summed E-state index contributed by atoms with van der Waals surface area (Å²) >= 11 is 7.53. The molecule has 1 amide bonds. The van der Waals surface area contributed by atoms with Crippen LogP contribution in [0.3, 0.4) is 0 Å². The number of aryl methyl sites for hydroxylation is 1. The molecule has 0 aliphatic rings. The molecule has 3 aromatic rings. The summed E-state index contributed by atoms with van der Waals surface area (Å²) in [5, 5.41) is 6.03. The molecule has 3 aromatic carbocycles. The van der Waals surface area contributed by atoms with Crippen LogP contribution in [0.25, 0.3) is 0 Å². The Morgan fingerprint density at radius 3 is 2.57 bits per heavy atom. The summed E-state index contributed by atoms with van der Waals surface area (Å²) in [4.78, 5) is 12.5. The second-order valence-corrected chi connectivity index (χ2v) is 7.82. The lowest BCUT2D eigenvalue weighted by atomic mass is 10.2. The number of carbonyl (C=O) groups is 1. The Kier molecular flexibility index (Phi) is 7.00. The van der Waals surface area contributed by atoms with Gasteiger partial charge in [0.1, 0.15) is 12.4 Å². The molecule has 0 saturated heterocycles. The fourth-order valence-corrected chi connectivity index (χ4v) is 3.41. The van der Waals surface area contributed by atoms with Crippen molar-refractivity contribution in [3.63, 3.8) is 0 Å². The lowest BCUT2D eigenvalue weighted by Gasteiger charge is -2.12.